The van der Waals surface area contributed by atoms with Crippen LogP contribution in [0.2, 0.25) is 5.02 Å². The molecule has 0 saturated heterocycles. The van der Waals surface area contributed by atoms with Gasteiger partial charge >= 0.3 is 11.9 Å². The van der Waals surface area contributed by atoms with Crippen molar-refractivity contribution < 1.29 is 19.4 Å². The molecule has 0 aliphatic carbocycles. The van der Waals surface area contributed by atoms with Crippen molar-refractivity contribution in [2.45, 2.75) is 58.1 Å². The van der Waals surface area contributed by atoms with Gasteiger partial charge in [-0.25, -0.2) is 14.3 Å². The Hall–Kier alpha value is -3.46. The number of hydrogen-bond donors (Lipinski definition) is 1. The Morgan fingerprint density at radius 1 is 1.24 bits per heavy atom. The van der Waals surface area contributed by atoms with Crippen molar-refractivity contribution in [3.63, 3.8) is 0 Å². The Labute approximate surface area is 200 Å². The van der Waals surface area contributed by atoms with E-state index >= 15 is 0 Å². The minimum Gasteiger partial charge on any atom is -0.480 e. The molecule has 3 aromatic rings. The number of fused-ring (bicyclic) bond motifs is 1. The zero-order valence-electron chi connectivity index (χ0n) is 19.3. The summed E-state index contributed by atoms with van der Waals surface area (Å²) in [4.78, 5) is 37.1. The molecule has 10 heteroatoms. The molecule has 9 nitrogen and oxygen atoms in total. The minimum atomic E-state index is -1.02. The number of aromatic nitrogens is 4. The fourth-order valence-corrected chi connectivity index (χ4v) is 4.40. The molecule has 0 amide bonds. The van der Waals surface area contributed by atoms with Crippen LogP contribution in [0, 0.1) is 0 Å². The van der Waals surface area contributed by atoms with Crippen LogP contribution in [0.1, 0.15) is 68.7 Å². The van der Waals surface area contributed by atoms with Crippen molar-refractivity contribution in [3.05, 3.63) is 63.3 Å². The number of nitrogens with zero attached hydrogens (tertiary/aromatic N) is 4. The number of rotatable bonds is 5. The highest BCUT2D eigenvalue weighted by molar-refractivity contribution is 6.31. The monoisotopic (exact) mass is 484 g/mol. The molecule has 1 unspecified atom stereocenters. The largest absolute Gasteiger partial charge is 0.480 e. The van der Waals surface area contributed by atoms with Gasteiger partial charge in [0.25, 0.3) is 5.56 Å². The van der Waals surface area contributed by atoms with Crippen molar-refractivity contribution in [2.75, 3.05) is 0 Å². The van der Waals surface area contributed by atoms with Crippen molar-refractivity contribution in [1.82, 2.24) is 19.6 Å². The molecule has 3 heterocycles. The van der Waals surface area contributed by atoms with E-state index in [1.165, 1.54) is 21.5 Å². The molecule has 1 aliphatic rings. The lowest BCUT2D eigenvalue weighted by Gasteiger charge is -2.18. The molecule has 0 spiro atoms. The van der Waals surface area contributed by atoms with E-state index in [9.17, 15) is 19.5 Å². The van der Waals surface area contributed by atoms with Crippen molar-refractivity contribution >= 4 is 23.5 Å². The summed E-state index contributed by atoms with van der Waals surface area (Å²) in [6.45, 7) is 7.25. The molecular formula is C24H25ClN4O5. The average molecular weight is 485 g/mol. The number of pyridine rings is 1. The topological polar surface area (TPSA) is 116 Å². The summed E-state index contributed by atoms with van der Waals surface area (Å²) in [5, 5.41) is 18.1. The molecule has 0 bridgehead atoms. The maximum Gasteiger partial charge on any atom is 0.361 e. The lowest BCUT2D eigenvalue weighted by molar-refractivity contribution is -0.140. The fraction of sp³-hybridized carbons (Fsp3) is 0.375. The van der Waals surface area contributed by atoms with Crippen LogP contribution in [0.3, 0.4) is 0 Å². The quantitative estimate of drug-likeness (QED) is 0.538. The van der Waals surface area contributed by atoms with Crippen LogP contribution in [0.25, 0.3) is 16.8 Å². The van der Waals surface area contributed by atoms with Crippen molar-refractivity contribution in [2.24, 2.45) is 0 Å². The van der Waals surface area contributed by atoms with Crippen molar-refractivity contribution in [3.8, 4) is 16.8 Å². The molecule has 1 aliphatic heterocycles. The Morgan fingerprint density at radius 3 is 2.62 bits per heavy atom. The molecule has 1 N–H and O–H groups in total. The Bertz CT molecular complexity index is 1340. The summed E-state index contributed by atoms with van der Waals surface area (Å²) in [7, 11) is 0. The number of esters is 1. The Balaban J connectivity index is 1.81. The predicted molar refractivity (Wildman–Crippen MR) is 126 cm³/mol. The highest BCUT2D eigenvalue weighted by Gasteiger charge is 2.35. The van der Waals surface area contributed by atoms with Crippen LogP contribution in [0.15, 0.2) is 41.3 Å². The number of carboxylic acids is 1. The summed E-state index contributed by atoms with van der Waals surface area (Å²) in [5.74, 6) is -1.68. The number of carbonyl (C=O) groups is 2. The highest BCUT2D eigenvalue weighted by atomic mass is 35.5. The lowest BCUT2D eigenvalue weighted by Crippen LogP contribution is -2.27. The normalized spacial score (nSPS) is 17.4. The molecule has 2 aromatic heterocycles. The maximum atomic E-state index is 13.0. The number of halogens is 1. The first kappa shape index (κ1) is 23.7. The zero-order chi connectivity index (χ0) is 24.8. The van der Waals surface area contributed by atoms with Gasteiger partial charge in [-0.3, -0.25) is 9.36 Å². The summed E-state index contributed by atoms with van der Waals surface area (Å²) >= 11 is 6.28. The minimum absolute atomic E-state index is 0.0418. The second-order valence-electron chi connectivity index (χ2n) is 9.28. The number of carbonyl (C=O) groups excluding carboxylic acids is 1. The van der Waals surface area contributed by atoms with Gasteiger partial charge in [-0.2, -0.15) is 0 Å². The molecule has 34 heavy (non-hydrogen) atoms. The van der Waals surface area contributed by atoms with E-state index in [0.29, 0.717) is 40.4 Å². The summed E-state index contributed by atoms with van der Waals surface area (Å²) in [6, 6.07) is 7.44. The second-order valence-corrected chi connectivity index (χ2v) is 9.72. The number of benzene rings is 1. The van der Waals surface area contributed by atoms with E-state index in [0.717, 1.165) is 0 Å². The van der Waals surface area contributed by atoms with E-state index in [1.54, 1.807) is 39.0 Å². The van der Waals surface area contributed by atoms with Crippen LogP contribution in [-0.2, 0) is 9.53 Å². The lowest BCUT2D eigenvalue weighted by atomic mass is 9.96. The third kappa shape index (κ3) is 4.48. The van der Waals surface area contributed by atoms with E-state index in [4.69, 9.17) is 16.3 Å². The van der Waals surface area contributed by atoms with E-state index in [2.05, 4.69) is 10.3 Å². The van der Waals surface area contributed by atoms with Gasteiger partial charge in [-0.15, -0.1) is 5.10 Å². The first-order valence-electron chi connectivity index (χ1n) is 10.9. The Morgan fingerprint density at radius 2 is 1.97 bits per heavy atom. The molecule has 0 fully saturated rings. The summed E-state index contributed by atoms with van der Waals surface area (Å²) in [6.07, 6.45) is 2.53. The standard InChI is InChI=1S/C24H25ClN4O5/c1-5-13-8-20(22(31)32)29-19(13)9-14(10-21(29)30)16-11-15(25)6-7-18(16)28-12-17(26-27-28)23(33)34-24(2,3)4/h6-7,9-13,20H,5,8H2,1-4H3,(H,31,32)/t13?,20-/m0/s1. The maximum absolute atomic E-state index is 13.0. The van der Waals surface area contributed by atoms with Crippen LogP contribution in [0.5, 0.6) is 0 Å². The molecule has 2 atom stereocenters. The highest BCUT2D eigenvalue weighted by Crippen LogP contribution is 2.39. The zero-order valence-corrected chi connectivity index (χ0v) is 20.0. The van der Waals surface area contributed by atoms with Crippen LogP contribution < -0.4 is 5.56 Å². The van der Waals surface area contributed by atoms with E-state index in [1.807, 2.05) is 13.0 Å². The van der Waals surface area contributed by atoms with Gasteiger partial charge in [0.05, 0.1) is 11.9 Å². The van der Waals surface area contributed by atoms with Gasteiger partial charge in [-0.1, -0.05) is 23.7 Å². The van der Waals surface area contributed by atoms with Crippen LogP contribution in [-0.4, -0.2) is 42.2 Å². The number of hydrogen-bond acceptors (Lipinski definition) is 6. The number of ether oxygens (including phenoxy) is 1. The second kappa shape index (κ2) is 8.72. The van der Waals surface area contributed by atoms with E-state index in [-0.39, 0.29) is 11.6 Å². The third-order valence-electron chi connectivity index (χ3n) is 5.73. The first-order chi connectivity index (χ1) is 16.0. The van der Waals surface area contributed by atoms with Gasteiger partial charge in [0.1, 0.15) is 11.6 Å². The van der Waals surface area contributed by atoms with Crippen LogP contribution >= 0.6 is 11.6 Å². The average Bonchev–Trinajstić information content (AvgIpc) is 3.38. The number of aliphatic carboxylic acids is 1. The molecule has 0 saturated carbocycles. The molecule has 4 rings (SSSR count). The van der Waals surface area contributed by atoms with E-state index < -0.39 is 29.1 Å². The SMILES string of the molecule is CCC1C[C@@H](C(=O)O)n2c1cc(-c1cc(Cl)ccc1-n1cc(C(=O)OC(C)(C)C)nn1)cc2=O. The van der Waals surface area contributed by atoms with Gasteiger partial charge in [0.2, 0.25) is 0 Å². The van der Waals surface area contributed by atoms with Gasteiger partial charge in [0, 0.05) is 28.3 Å². The molecule has 1 aromatic carbocycles. The Kier molecular flexibility index (Phi) is 6.07. The summed E-state index contributed by atoms with van der Waals surface area (Å²) in [5.41, 5.74) is 1.38. The fourth-order valence-electron chi connectivity index (χ4n) is 4.23. The first-order valence-corrected chi connectivity index (χ1v) is 11.3. The number of carboxylic acid groups (broad SMARTS) is 1. The molecule has 178 valence electrons. The molecule has 0 radical (unpaired) electrons. The molecular weight excluding hydrogens is 460 g/mol. The van der Waals surface area contributed by atoms with Gasteiger partial charge in [-0.05, 0) is 63.4 Å². The third-order valence-corrected chi connectivity index (χ3v) is 5.97. The van der Waals surface area contributed by atoms with Crippen molar-refractivity contribution in [1.29, 1.82) is 0 Å². The summed E-state index contributed by atoms with van der Waals surface area (Å²) < 4.78 is 8.14. The van der Waals surface area contributed by atoms with Gasteiger partial charge < -0.3 is 9.84 Å². The predicted octanol–water partition coefficient (Wildman–Crippen LogP) is 4.23. The van der Waals surface area contributed by atoms with Crippen LogP contribution in [0.4, 0.5) is 0 Å². The smallest absolute Gasteiger partial charge is 0.361 e. The van der Waals surface area contributed by atoms with Gasteiger partial charge in [0.15, 0.2) is 5.69 Å².